The molecule has 3 nitrogen and oxygen atoms in total. The van der Waals surface area contributed by atoms with Gasteiger partial charge in [0.1, 0.15) is 24.7 Å². The van der Waals surface area contributed by atoms with Gasteiger partial charge in [0.2, 0.25) is 0 Å². The van der Waals surface area contributed by atoms with Gasteiger partial charge in [-0.3, -0.25) is 0 Å². The molecule has 0 spiro atoms. The van der Waals surface area contributed by atoms with Crippen LogP contribution in [0.3, 0.4) is 0 Å². The van der Waals surface area contributed by atoms with E-state index in [4.69, 9.17) is 9.47 Å². The van der Waals surface area contributed by atoms with Crippen LogP contribution in [-0.4, -0.2) is 13.2 Å². The van der Waals surface area contributed by atoms with E-state index in [0.29, 0.717) is 13.2 Å². The first-order chi connectivity index (χ1) is 10.4. The van der Waals surface area contributed by atoms with Gasteiger partial charge in [-0.1, -0.05) is 49.1 Å². The molecular formula is C18H19NO2. The minimum atomic E-state index is 0.230. The van der Waals surface area contributed by atoms with Gasteiger partial charge in [-0.25, -0.2) is 0 Å². The largest absolute Gasteiger partial charge is 0.491 e. The van der Waals surface area contributed by atoms with E-state index in [1.807, 2.05) is 36.4 Å². The highest BCUT2D eigenvalue weighted by Gasteiger charge is 2.23. The van der Waals surface area contributed by atoms with E-state index in [2.05, 4.69) is 24.0 Å². The first kappa shape index (κ1) is 13.7. The number of hydrogen-bond acceptors (Lipinski definition) is 3. The Morgan fingerprint density at radius 2 is 2.00 bits per heavy atom. The fourth-order valence-corrected chi connectivity index (χ4v) is 2.50. The Labute approximate surface area is 125 Å². The fourth-order valence-electron chi connectivity index (χ4n) is 2.50. The Morgan fingerprint density at radius 3 is 2.90 bits per heavy atom. The lowest BCUT2D eigenvalue weighted by Crippen LogP contribution is -2.22. The molecule has 0 aromatic heterocycles. The van der Waals surface area contributed by atoms with Crippen molar-refractivity contribution in [3.05, 3.63) is 72.3 Å². The van der Waals surface area contributed by atoms with Crippen LogP contribution in [0.1, 0.15) is 17.2 Å². The van der Waals surface area contributed by atoms with E-state index in [1.54, 1.807) is 6.08 Å². The molecular weight excluding hydrogens is 262 g/mol. The van der Waals surface area contributed by atoms with Gasteiger partial charge in [0, 0.05) is 17.7 Å². The van der Waals surface area contributed by atoms with Crippen molar-refractivity contribution in [2.24, 2.45) is 0 Å². The van der Waals surface area contributed by atoms with Crippen molar-refractivity contribution in [3.8, 4) is 11.5 Å². The summed E-state index contributed by atoms with van der Waals surface area (Å²) >= 11 is 0. The van der Waals surface area contributed by atoms with E-state index in [9.17, 15) is 0 Å². The van der Waals surface area contributed by atoms with Crippen molar-refractivity contribution in [3.63, 3.8) is 0 Å². The van der Waals surface area contributed by atoms with Gasteiger partial charge in [-0.05, 0) is 12.1 Å². The molecule has 1 aliphatic heterocycles. The van der Waals surface area contributed by atoms with Crippen LogP contribution in [0.5, 0.6) is 11.5 Å². The number of fused-ring (bicyclic) bond motifs is 1. The zero-order valence-electron chi connectivity index (χ0n) is 11.9. The van der Waals surface area contributed by atoms with Crippen molar-refractivity contribution in [1.29, 1.82) is 0 Å². The standard InChI is InChI=1S/C18H19NO2/c1-2-11-20-17-9-5-3-7-14(17)12-19-16-13-21-18-10-6-4-8-15(16)18/h2-10,16,19H,1,11-13H2. The lowest BCUT2D eigenvalue weighted by molar-refractivity contribution is 0.308. The van der Waals surface area contributed by atoms with Crippen LogP contribution >= 0.6 is 0 Å². The molecule has 108 valence electrons. The van der Waals surface area contributed by atoms with Gasteiger partial charge in [0.15, 0.2) is 0 Å². The van der Waals surface area contributed by atoms with Crippen LogP contribution in [0.2, 0.25) is 0 Å². The molecule has 2 aromatic rings. The summed E-state index contributed by atoms with van der Waals surface area (Å²) in [6.07, 6.45) is 1.76. The summed E-state index contributed by atoms with van der Waals surface area (Å²) in [5, 5.41) is 3.54. The third-order valence-corrected chi connectivity index (χ3v) is 3.57. The van der Waals surface area contributed by atoms with Crippen molar-refractivity contribution in [2.75, 3.05) is 13.2 Å². The highest BCUT2D eigenvalue weighted by Crippen LogP contribution is 2.32. The second-order valence-electron chi connectivity index (χ2n) is 4.99. The summed E-state index contributed by atoms with van der Waals surface area (Å²) in [6.45, 7) is 5.62. The summed E-state index contributed by atoms with van der Waals surface area (Å²) < 4.78 is 11.4. The Balaban J connectivity index is 1.67. The fraction of sp³-hybridized carbons (Fsp3) is 0.222. The molecule has 0 saturated heterocycles. The predicted octanol–water partition coefficient (Wildman–Crippen LogP) is 3.47. The Kier molecular flexibility index (Phi) is 4.22. The number of para-hydroxylation sites is 2. The van der Waals surface area contributed by atoms with Crippen LogP contribution < -0.4 is 14.8 Å². The maximum atomic E-state index is 5.69. The zero-order valence-corrected chi connectivity index (χ0v) is 11.9. The molecule has 1 aliphatic rings. The summed E-state index contributed by atoms with van der Waals surface area (Å²) in [5.41, 5.74) is 2.37. The highest BCUT2D eigenvalue weighted by molar-refractivity contribution is 5.39. The summed E-state index contributed by atoms with van der Waals surface area (Å²) in [4.78, 5) is 0. The molecule has 1 atom stereocenters. The summed E-state index contributed by atoms with van der Waals surface area (Å²) in [6, 6.07) is 16.5. The maximum Gasteiger partial charge on any atom is 0.124 e. The van der Waals surface area contributed by atoms with Gasteiger partial charge in [-0.2, -0.15) is 0 Å². The van der Waals surface area contributed by atoms with Gasteiger partial charge in [-0.15, -0.1) is 0 Å². The van der Waals surface area contributed by atoms with Gasteiger partial charge in [0.25, 0.3) is 0 Å². The normalized spacial score (nSPS) is 16.1. The molecule has 0 aliphatic carbocycles. The molecule has 0 radical (unpaired) electrons. The van der Waals surface area contributed by atoms with Crippen molar-refractivity contribution in [1.82, 2.24) is 5.32 Å². The van der Waals surface area contributed by atoms with Crippen LogP contribution in [0.15, 0.2) is 61.2 Å². The molecule has 3 rings (SSSR count). The monoisotopic (exact) mass is 281 g/mol. The second kappa shape index (κ2) is 6.46. The molecule has 1 unspecified atom stereocenters. The molecule has 2 aromatic carbocycles. The Morgan fingerprint density at radius 1 is 1.19 bits per heavy atom. The first-order valence-electron chi connectivity index (χ1n) is 7.15. The highest BCUT2D eigenvalue weighted by atomic mass is 16.5. The summed E-state index contributed by atoms with van der Waals surface area (Å²) in [5.74, 6) is 1.88. The third kappa shape index (κ3) is 3.09. The number of ether oxygens (including phenoxy) is 2. The predicted molar refractivity (Wildman–Crippen MR) is 83.7 cm³/mol. The van der Waals surface area contributed by atoms with Crippen molar-refractivity contribution >= 4 is 0 Å². The van der Waals surface area contributed by atoms with Crippen LogP contribution in [0.4, 0.5) is 0 Å². The lowest BCUT2D eigenvalue weighted by atomic mass is 10.1. The van der Waals surface area contributed by atoms with E-state index in [-0.39, 0.29) is 6.04 Å². The van der Waals surface area contributed by atoms with Crippen LogP contribution in [-0.2, 0) is 6.54 Å². The zero-order chi connectivity index (χ0) is 14.5. The third-order valence-electron chi connectivity index (χ3n) is 3.57. The minimum absolute atomic E-state index is 0.230. The van der Waals surface area contributed by atoms with Crippen LogP contribution in [0, 0.1) is 0 Å². The molecule has 0 amide bonds. The first-order valence-corrected chi connectivity index (χ1v) is 7.15. The van der Waals surface area contributed by atoms with E-state index < -0.39 is 0 Å². The van der Waals surface area contributed by atoms with E-state index in [0.717, 1.165) is 23.6 Å². The van der Waals surface area contributed by atoms with Gasteiger partial charge in [0.05, 0.1) is 6.04 Å². The Bertz CT molecular complexity index is 624. The van der Waals surface area contributed by atoms with Crippen LogP contribution in [0.25, 0.3) is 0 Å². The number of benzene rings is 2. The minimum Gasteiger partial charge on any atom is -0.491 e. The van der Waals surface area contributed by atoms with Crippen molar-refractivity contribution in [2.45, 2.75) is 12.6 Å². The molecule has 21 heavy (non-hydrogen) atoms. The molecule has 0 bridgehead atoms. The smallest absolute Gasteiger partial charge is 0.124 e. The molecule has 1 heterocycles. The topological polar surface area (TPSA) is 30.5 Å². The molecule has 3 heteroatoms. The SMILES string of the molecule is C=CCOc1ccccc1CNC1COc2ccccc21. The van der Waals surface area contributed by atoms with Crippen molar-refractivity contribution < 1.29 is 9.47 Å². The maximum absolute atomic E-state index is 5.69. The number of rotatable bonds is 6. The number of hydrogen-bond donors (Lipinski definition) is 1. The van der Waals surface area contributed by atoms with Gasteiger partial charge >= 0.3 is 0 Å². The quantitative estimate of drug-likeness (QED) is 0.822. The lowest BCUT2D eigenvalue weighted by Gasteiger charge is -2.14. The van der Waals surface area contributed by atoms with E-state index in [1.165, 1.54) is 5.56 Å². The average Bonchev–Trinajstić information content (AvgIpc) is 2.95. The summed E-state index contributed by atoms with van der Waals surface area (Å²) in [7, 11) is 0. The second-order valence-corrected chi connectivity index (χ2v) is 4.99. The van der Waals surface area contributed by atoms with Gasteiger partial charge < -0.3 is 14.8 Å². The molecule has 0 saturated carbocycles. The van der Waals surface area contributed by atoms with E-state index >= 15 is 0 Å². The average molecular weight is 281 g/mol. The number of nitrogens with one attached hydrogen (secondary N) is 1. The molecule has 0 fully saturated rings. The Hall–Kier alpha value is -2.26. The molecule has 1 N–H and O–H groups in total.